The van der Waals surface area contributed by atoms with E-state index < -0.39 is 27.7 Å². The van der Waals surface area contributed by atoms with Crippen molar-refractivity contribution in [3.8, 4) is 0 Å². The Balaban J connectivity index is 2.06. The molecule has 0 fully saturated rings. The van der Waals surface area contributed by atoms with E-state index in [-0.39, 0.29) is 30.0 Å². The Morgan fingerprint density at radius 2 is 1.95 bits per heavy atom. The molecular formula is C13H15FN2O4S. The van der Waals surface area contributed by atoms with Crippen molar-refractivity contribution < 1.29 is 22.4 Å². The first kappa shape index (κ1) is 15.6. The van der Waals surface area contributed by atoms with Crippen molar-refractivity contribution in [2.24, 2.45) is 0 Å². The molecule has 0 aliphatic carbocycles. The molecule has 0 bridgehead atoms. The van der Waals surface area contributed by atoms with Crippen LogP contribution in [0, 0.1) is 5.82 Å². The summed E-state index contributed by atoms with van der Waals surface area (Å²) in [7, 11) is -3.41. The summed E-state index contributed by atoms with van der Waals surface area (Å²) < 4.78 is 38.9. The number of amides is 2. The molecule has 21 heavy (non-hydrogen) atoms. The zero-order valence-corrected chi connectivity index (χ0v) is 12.2. The molecule has 2 rings (SSSR count). The standard InChI is InChI=1S/C13H15FN2O4S/c1-2-8-21(19,20)15-6-7-16-12(17)9-4-3-5-10(14)11(9)13(16)18/h3-5,15H,2,6-8H2,1H3. The van der Waals surface area contributed by atoms with Crippen molar-refractivity contribution in [3.63, 3.8) is 0 Å². The lowest BCUT2D eigenvalue weighted by Gasteiger charge is -2.14. The van der Waals surface area contributed by atoms with E-state index in [2.05, 4.69) is 4.72 Å². The average molecular weight is 314 g/mol. The van der Waals surface area contributed by atoms with Gasteiger partial charge in [0.25, 0.3) is 11.8 Å². The van der Waals surface area contributed by atoms with E-state index in [0.717, 1.165) is 11.0 Å². The van der Waals surface area contributed by atoms with Crippen LogP contribution in [0.4, 0.5) is 4.39 Å². The molecular weight excluding hydrogens is 299 g/mol. The summed E-state index contributed by atoms with van der Waals surface area (Å²) in [6.45, 7) is 1.51. The third-order valence-electron chi connectivity index (χ3n) is 3.08. The Morgan fingerprint density at radius 1 is 1.24 bits per heavy atom. The third kappa shape index (κ3) is 3.11. The molecule has 114 valence electrons. The van der Waals surface area contributed by atoms with Crippen molar-refractivity contribution in [2.75, 3.05) is 18.8 Å². The summed E-state index contributed by atoms with van der Waals surface area (Å²) in [6, 6.07) is 3.84. The number of benzene rings is 1. The van der Waals surface area contributed by atoms with Crippen LogP contribution in [0.5, 0.6) is 0 Å². The fourth-order valence-corrected chi connectivity index (χ4v) is 3.23. The molecule has 1 aromatic carbocycles. The van der Waals surface area contributed by atoms with Gasteiger partial charge in [0.2, 0.25) is 10.0 Å². The van der Waals surface area contributed by atoms with Gasteiger partial charge in [-0.2, -0.15) is 0 Å². The number of halogens is 1. The van der Waals surface area contributed by atoms with Crippen LogP contribution in [-0.2, 0) is 10.0 Å². The number of nitrogens with zero attached hydrogens (tertiary/aromatic N) is 1. The van der Waals surface area contributed by atoms with Crippen LogP contribution < -0.4 is 4.72 Å². The second kappa shape index (κ2) is 5.90. The van der Waals surface area contributed by atoms with Gasteiger partial charge in [0.05, 0.1) is 16.9 Å². The number of carbonyl (C=O) groups excluding carboxylic acids is 2. The SMILES string of the molecule is CCCS(=O)(=O)NCCN1C(=O)c2cccc(F)c2C1=O. The number of hydrogen-bond donors (Lipinski definition) is 1. The topological polar surface area (TPSA) is 83.6 Å². The number of nitrogens with one attached hydrogen (secondary N) is 1. The molecule has 6 nitrogen and oxygen atoms in total. The van der Waals surface area contributed by atoms with E-state index >= 15 is 0 Å². The van der Waals surface area contributed by atoms with Gasteiger partial charge in [-0.05, 0) is 18.6 Å². The second-order valence-electron chi connectivity index (χ2n) is 4.64. The first-order valence-corrected chi connectivity index (χ1v) is 8.14. The van der Waals surface area contributed by atoms with Gasteiger partial charge < -0.3 is 0 Å². The van der Waals surface area contributed by atoms with Crippen LogP contribution in [0.25, 0.3) is 0 Å². The Kier molecular flexibility index (Phi) is 4.38. The van der Waals surface area contributed by atoms with Gasteiger partial charge in [-0.15, -0.1) is 0 Å². The van der Waals surface area contributed by atoms with E-state index in [1.54, 1.807) is 6.92 Å². The lowest BCUT2D eigenvalue weighted by Crippen LogP contribution is -2.38. The zero-order chi connectivity index (χ0) is 15.6. The minimum atomic E-state index is -3.41. The van der Waals surface area contributed by atoms with E-state index in [1.807, 2.05) is 0 Å². The highest BCUT2D eigenvalue weighted by atomic mass is 32.2. The predicted molar refractivity (Wildman–Crippen MR) is 73.8 cm³/mol. The van der Waals surface area contributed by atoms with Gasteiger partial charge >= 0.3 is 0 Å². The van der Waals surface area contributed by atoms with Crippen LogP contribution in [-0.4, -0.2) is 44.0 Å². The fraction of sp³-hybridized carbons (Fsp3) is 0.385. The summed E-state index contributed by atoms with van der Waals surface area (Å²) in [5.74, 6) is -2.11. The van der Waals surface area contributed by atoms with Gasteiger partial charge in [0, 0.05) is 13.1 Å². The molecule has 2 amide bonds. The van der Waals surface area contributed by atoms with Gasteiger partial charge in [0.15, 0.2) is 0 Å². The molecule has 1 aliphatic heterocycles. The molecule has 1 aromatic rings. The minimum Gasteiger partial charge on any atom is -0.273 e. The Bertz CT molecular complexity index is 687. The highest BCUT2D eigenvalue weighted by Crippen LogP contribution is 2.24. The van der Waals surface area contributed by atoms with Crippen LogP contribution in [0.3, 0.4) is 0 Å². The van der Waals surface area contributed by atoms with Crippen LogP contribution in [0.2, 0.25) is 0 Å². The van der Waals surface area contributed by atoms with E-state index in [9.17, 15) is 22.4 Å². The van der Waals surface area contributed by atoms with E-state index in [0.29, 0.717) is 6.42 Å². The molecule has 0 spiro atoms. The normalized spacial score (nSPS) is 14.7. The maximum absolute atomic E-state index is 13.6. The lowest BCUT2D eigenvalue weighted by molar-refractivity contribution is 0.0656. The molecule has 1 heterocycles. The van der Waals surface area contributed by atoms with Crippen LogP contribution >= 0.6 is 0 Å². The van der Waals surface area contributed by atoms with Crippen molar-refractivity contribution in [1.29, 1.82) is 0 Å². The fourth-order valence-electron chi connectivity index (χ4n) is 2.15. The number of hydrogen-bond acceptors (Lipinski definition) is 4. The van der Waals surface area contributed by atoms with Gasteiger partial charge in [0.1, 0.15) is 5.82 Å². The smallest absolute Gasteiger partial charge is 0.264 e. The van der Waals surface area contributed by atoms with Crippen molar-refractivity contribution in [2.45, 2.75) is 13.3 Å². The highest BCUT2D eigenvalue weighted by Gasteiger charge is 2.37. The molecule has 0 saturated heterocycles. The highest BCUT2D eigenvalue weighted by molar-refractivity contribution is 7.89. The van der Waals surface area contributed by atoms with Gasteiger partial charge in [-0.3, -0.25) is 14.5 Å². The number of rotatable bonds is 6. The zero-order valence-electron chi connectivity index (χ0n) is 11.4. The van der Waals surface area contributed by atoms with Crippen LogP contribution in [0.15, 0.2) is 18.2 Å². The molecule has 0 radical (unpaired) electrons. The number of carbonyl (C=O) groups is 2. The van der Waals surface area contributed by atoms with Gasteiger partial charge in [-0.25, -0.2) is 17.5 Å². The quantitative estimate of drug-likeness (QED) is 0.785. The molecule has 0 aromatic heterocycles. The summed E-state index contributed by atoms with van der Waals surface area (Å²) in [4.78, 5) is 24.8. The van der Waals surface area contributed by atoms with Crippen molar-refractivity contribution >= 4 is 21.8 Å². The number of fused-ring (bicyclic) bond motifs is 1. The Labute approximate surface area is 122 Å². The van der Waals surface area contributed by atoms with Crippen molar-refractivity contribution in [1.82, 2.24) is 9.62 Å². The molecule has 8 heteroatoms. The third-order valence-corrected chi connectivity index (χ3v) is 4.67. The van der Waals surface area contributed by atoms with Gasteiger partial charge in [-0.1, -0.05) is 13.0 Å². The maximum atomic E-state index is 13.6. The van der Waals surface area contributed by atoms with Crippen LogP contribution in [0.1, 0.15) is 34.1 Å². The second-order valence-corrected chi connectivity index (χ2v) is 6.56. The molecule has 1 N–H and O–H groups in total. The molecule has 1 aliphatic rings. The monoisotopic (exact) mass is 314 g/mol. The predicted octanol–water partition coefficient (Wildman–Crippen LogP) is 0.751. The molecule has 0 saturated carbocycles. The average Bonchev–Trinajstić information content (AvgIpc) is 2.64. The van der Waals surface area contributed by atoms with Crippen molar-refractivity contribution in [3.05, 3.63) is 35.1 Å². The lowest BCUT2D eigenvalue weighted by atomic mass is 10.1. The summed E-state index contributed by atoms with van der Waals surface area (Å²) in [5, 5.41) is 0. The summed E-state index contributed by atoms with van der Waals surface area (Å²) in [5.41, 5.74) is -0.240. The summed E-state index contributed by atoms with van der Waals surface area (Å²) >= 11 is 0. The largest absolute Gasteiger partial charge is 0.273 e. The Morgan fingerprint density at radius 3 is 2.57 bits per heavy atom. The van der Waals surface area contributed by atoms with E-state index in [4.69, 9.17) is 0 Å². The first-order valence-electron chi connectivity index (χ1n) is 6.49. The molecule has 0 unspecified atom stereocenters. The number of imide groups is 1. The molecule has 0 atom stereocenters. The van der Waals surface area contributed by atoms with E-state index in [1.165, 1.54) is 12.1 Å². The number of sulfonamides is 1. The summed E-state index contributed by atoms with van der Waals surface area (Å²) in [6.07, 6.45) is 0.466. The Hall–Kier alpha value is -1.80. The minimum absolute atomic E-state index is 0.0106. The first-order chi connectivity index (χ1) is 9.87. The maximum Gasteiger partial charge on any atom is 0.264 e.